The highest BCUT2D eigenvalue weighted by molar-refractivity contribution is 7.89. The largest absolute Gasteiger partial charge is 0.405 e. The van der Waals surface area contributed by atoms with E-state index in [9.17, 15) is 26.4 Å². The Bertz CT molecular complexity index is 682. The van der Waals surface area contributed by atoms with Gasteiger partial charge in [-0.2, -0.15) is 17.5 Å². The zero-order valence-electron chi connectivity index (χ0n) is 13.7. The van der Waals surface area contributed by atoms with Crippen LogP contribution in [0.2, 0.25) is 0 Å². The average Bonchev–Trinajstić information content (AvgIpc) is 2.58. The van der Waals surface area contributed by atoms with Crippen LogP contribution in [0.25, 0.3) is 0 Å². The number of carbonyl (C=O) groups is 1. The molecule has 0 spiro atoms. The number of sulfonamides is 1. The number of benzene rings is 1. The van der Waals surface area contributed by atoms with Crippen LogP contribution in [0.4, 0.5) is 13.2 Å². The molecule has 140 valence electrons. The van der Waals surface area contributed by atoms with Gasteiger partial charge in [0, 0.05) is 19.5 Å². The number of carbonyl (C=O) groups excluding carboxylic acids is 1. The number of nitrogens with zero attached hydrogens (tertiary/aromatic N) is 1. The smallest absolute Gasteiger partial charge is 0.347 e. The fourth-order valence-corrected chi connectivity index (χ4v) is 4.14. The van der Waals surface area contributed by atoms with Crippen LogP contribution < -0.4 is 5.32 Å². The van der Waals surface area contributed by atoms with Gasteiger partial charge >= 0.3 is 6.18 Å². The van der Waals surface area contributed by atoms with E-state index in [2.05, 4.69) is 0 Å². The zero-order chi connectivity index (χ0) is 18.5. The first-order valence-electron chi connectivity index (χ1n) is 8.11. The van der Waals surface area contributed by atoms with Crippen LogP contribution in [-0.4, -0.2) is 44.4 Å². The first-order chi connectivity index (χ1) is 11.7. The van der Waals surface area contributed by atoms with E-state index in [1.54, 1.807) is 17.4 Å². The van der Waals surface area contributed by atoms with E-state index < -0.39 is 28.7 Å². The minimum atomic E-state index is -4.43. The standard InChI is InChI=1S/C16H21F3N2O3S/c17-16(18,19)12-20-15(22)9-6-13-4-7-14(8-5-13)25(23,24)21-10-2-1-3-11-21/h4-5,7-8H,1-3,6,9-12H2,(H,20,22). The summed E-state index contributed by atoms with van der Waals surface area (Å²) in [6, 6.07) is 6.14. The van der Waals surface area contributed by atoms with Crippen molar-refractivity contribution in [2.45, 2.75) is 43.2 Å². The Kier molecular flexibility index (Phi) is 6.45. The van der Waals surface area contributed by atoms with Crippen molar-refractivity contribution in [3.8, 4) is 0 Å². The van der Waals surface area contributed by atoms with Gasteiger partial charge in [-0.15, -0.1) is 0 Å². The number of alkyl halides is 3. The predicted octanol–water partition coefficient (Wildman–Crippen LogP) is 2.47. The summed E-state index contributed by atoms with van der Waals surface area (Å²) in [5, 5.41) is 1.81. The molecule has 1 aliphatic heterocycles. The molecule has 1 saturated heterocycles. The maximum atomic E-state index is 12.5. The van der Waals surface area contributed by atoms with Gasteiger partial charge in [-0.1, -0.05) is 18.6 Å². The van der Waals surface area contributed by atoms with Crippen molar-refractivity contribution in [1.29, 1.82) is 0 Å². The number of halogens is 3. The third-order valence-electron chi connectivity index (χ3n) is 4.00. The molecule has 1 aromatic carbocycles. The molecule has 0 aromatic heterocycles. The van der Waals surface area contributed by atoms with Gasteiger partial charge < -0.3 is 5.32 Å². The van der Waals surface area contributed by atoms with Crippen LogP contribution in [0.3, 0.4) is 0 Å². The Morgan fingerprint density at radius 1 is 1.08 bits per heavy atom. The first kappa shape index (κ1) is 19.7. The van der Waals surface area contributed by atoms with Crippen molar-refractivity contribution in [2.24, 2.45) is 0 Å². The van der Waals surface area contributed by atoms with Crippen LogP contribution in [0.1, 0.15) is 31.2 Å². The second-order valence-corrected chi connectivity index (χ2v) is 7.94. The molecule has 0 unspecified atom stereocenters. The van der Waals surface area contributed by atoms with E-state index in [-0.39, 0.29) is 17.7 Å². The van der Waals surface area contributed by atoms with E-state index >= 15 is 0 Å². The molecular weight excluding hydrogens is 357 g/mol. The number of hydrogen-bond donors (Lipinski definition) is 1. The molecule has 1 aliphatic rings. The summed E-state index contributed by atoms with van der Waals surface area (Å²) in [6.45, 7) is -0.314. The van der Waals surface area contributed by atoms with Crippen LogP contribution in [0.5, 0.6) is 0 Å². The van der Waals surface area contributed by atoms with Crippen molar-refractivity contribution in [2.75, 3.05) is 19.6 Å². The van der Waals surface area contributed by atoms with Crippen LogP contribution in [0, 0.1) is 0 Å². The van der Waals surface area contributed by atoms with E-state index in [0.717, 1.165) is 19.3 Å². The number of hydrogen-bond acceptors (Lipinski definition) is 3. The van der Waals surface area contributed by atoms with Crippen LogP contribution in [0.15, 0.2) is 29.2 Å². The van der Waals surface area contributed by atoms with E-state index in [0.29, 0.717) is 18.7 Å². The van der Waals surface area contributed by atoms with Crippen molar-refractivity contribution in [1.82, 2.24) is 9.62 Å². The Labute approximate surface area is 145 Å². The molecule has 1 fully saturated rings. The van der Waals surface area contributed by atoms with Gasteiger partial charge in [0.15, 0.2) is 0 Å². The average molecular weight is 378 g/mol. The lowest BCUT2D eigenvalue weighted by atomic mass is 10.1. The van der Waals surface area contributed by atoms with Crippen LogP contribution >= 0.6 is 0 Å². The molecule has 0 radical (unpaired) electrons. The maximum Gasteiger partial charge on any atom is 0.405 e. The van der Waals surface area contributed by atoms with Gasteiger partial charge in [0.25, 0.3) is 0 Å². The Hall–Kier alpha value is -1.61. The minimum absolute atomic E-state index is 0.0890. The second-order valence-electron chi connectivity index (χ2n) is 6.00. The van der Waals surface area contributed by atoms with Crippen LogP contribution in [-0.2, 0) is 21.2 Å². The van der Waals surface area contributed by atoms with Gasteiger partial charge in [0.1, 0.15) is 6.54 Å². The van der Waals surface area contributed by atoms with Gasteiger partial charge in [-0.05, 0) is 37.0 Å². The SMILES string of the molecule is O=C(CCc1ccc(S(=O)(=O)N2CCCCC2)cc1)NCC(F)(F)F. The van der Waals surface area contributed by atoms with E-state index in [1.165, 1.54) is 16.4 Å². The molecule has 1 N–H and O–H groups in total. The lowest BCUT2D eigenvalue weighted by molar-refractivity contribution is -0.138. The monoisotopic (exact) mass is 378 g/mol. The number of nitrogens with one attached hydrogen (secondary N) is 1. The molecule has 25 heavy (non-hydrogen) atoms. The van der Waals surface area contributed by atoms with Gasteiger partial charge in [0.2, 0.25) is 15.9 Å². The van der Waals surface area contributed by atoms with Crippen molar-refractivity contribution in [3.63, 3.8) is 0 Å². The van der Waals surface area contributed by atoms with Crippen molar-refractivity contribution < 1.29 is 26.4 Å². The summed E-state index contributed by atoms with van der Waals surface area (Å²) in [5.74, 6) is -0.692. The summed E-state index contributed by atoms with van der Waals surface area (Å²) in [7, 11) is -3.51. The zero-order valence-corrected chi connectivity index (χ0v) is 14.5. The van der Waals surface area contributed by atoms with Gasteiger partial charge in [0.05, 0.1) is 4.90 Å². The lowest BCUT2D eigenvalue weighted by Gasteiger charge is -2.25. The lowest BCUT2D eigenvalue weighted by Crippen LogP contribution is -2.35. The normalized spacial score (nSPS) is 16.6. The van der Waals surface area contributed by atoms with E-state index in [4.69, 9.17) is 0 Å². The third kappa shape index (κ3) is 6.00. The molecular formula is C16H21F3N2O3S. The summed E-state index contributed by atoms with van der Waals surface area (Å²) >= 11 is 0. The summed E-state index contributed by atoms with van der Waals surface area (Å²) < 4.78 is 62.5. The highest BCUT2D eigenvalue weighted by atomic mass is 32.2. The number of rotatable bonds is 6. The molecule has 0 bridgehead atoms. The quantitative estimate of drug-likeness (QED) is 0.827. The summed E-state index contributed by atoms with van der Waals surface area (Å²) in [6.07, 6.45) is -1.54. The molecule has 0 saturated carbocycles. The number of amides is 1. The third-order valence-corrected chi connectivity index (χ3v) is 5.92. The van der Waals surface area contributed by atoms with Gasteiger partial charge in [-0.3, -0.25) is 4.79 Å². The van der Waals surface area contributed by atoms with E-state index in [1.807, 2.05) is 0 Å². The Morgan fingerprint density at radius 2 is 1.68 bits per heavy atom. The molecule has 1 heterocycles. The van der Waals surface area contributed by atoms with Crippen molar-refractivity contribution in [3.05, 3.63) is 29.8 Å². The Morgan fingerprint density at radius 3 is 2.24 bits per heavy atom. The molecule has 0 atom stereocenters. The second kappa shape index (κ2) is 8.18. The topological polar surface area (TPSA) is 66.5 Å². The maximum absolute atomic E-state index is 12.5. The molecule has 1 amide bonds. The number of aryl methyl sites for hydroxylation is 1. The minimum Gasteiger partial charge on any atom is -0.347 e. The molecule has 9 heteroatoms. The molecule has 1 aromatic rings. The van der Waals surface area contributed by atoms with Crippen molar-refractivity contribution >= 4 is 15.9 Å². The fourth-order valence-electron chi connectivity index (χ4n) is 2.63. The Balaban J connectivity index is 1.90. The highest BCUT2D eigenvalue weighted by Gasteiger charge is 2.28. The van der Waals surface area contributed by atoms with Gasteiger partial charge in [-0.25, -0.2) is 8.42 Å². The highest BCUT2D eigenvalue weighted by Crippen LogP contribution is 2.21. The molecule has 0 aliphatic carbocycles. The number of piperidine rings is 1. The molecule has 5 nitrogen and oxygen atoms in total. The first-order valence-corrected chi connectivity index (χ1v) is 9.55. The summed E-state index contributed by atoms with van der Waals surface area (Å²) in [5.41, 5.74) is 0.694. The fraction of sp³-hybridized carbons (Fsp3) is 0.562. The predicted molar refractivity (Wildman–Crippen MR) is 86.4 cm³/mol. The molecule has 2 rings (SSSR count). The summed E-state index contributed by atoms with van der Waals surface area (Å²) in [4.78, 5) is 11.6.